The minimum absolute atomic E-state index is 0.0891. The number of nitrogens with zero attached hydrogens (tertiary/aromatic N) is 3. The predicted octanol–water partition coefficient (Wildman–Crippen LogP) is 1.70. The first kappa shape index (κ1) is 17.7. The number of piperidine rings is 1. The van der Waals surface area contributed by atoms with E-state index in [0.29, 0.717) is 29.0 Å². The van der Waals surface area contributed by atoms with Crippen LogP contribution in [0.3, 0.4) is 0 Å². The van der Waals surface area contributed by atoms with E-state index in [1.165, 1.54) is 23.1 Å². The maximum absolute atomic E-state index is 12.4. The Bertz CT molecular complexity index is 719. The van der Waals surface area contributed by atoms with E-state index < -0.39 is 11.9 Å². The average Bonchev–Trinajstić information content (AvgIpc) is 3.29. The number of thioether (sulfide) groups is 1. The molecule has 3 heterocycles. The van der Waals surface area contributed by atoms with Crippen molar-refractivity contribution in [2.75, 3.05) is 17.6 Å². The highest BCUT2D eigenvalue weighted by molar-refractivity contribution is 8.01. The summed E-state index contributed by atoms with van der Waals surface area (Å²) >= 11 is 2.69. The fraction of sp³-hybridized carbons (Fsp3) is 0.467. The number of aromatic nitrogens is 2. The van der Waals surface area contributed by atoms with Gasteiger partial charge in [0.25, 0.3) is 0 Å². The first-order valence-electron chi connectivity index (χ1n) is 7.95. The summed E-state index contributed by atoms with van der Waals surface area (Å²) in [5.41, 5.74) is 5.40. The molecule has 25 heavy (non-hydrogen) atoms. The number of hydrogen-bond donors (Lipinski definition) is 2. The van der Waals surface area contributed by atoms with E-state index in [1.54, 1.807) is 11.2 Å². The number of furan rings is 1. The standard InChI is InChI=1S/C15H19N5O3S2/c16-13(22)11-5-1-2-6-20(11)12(21)9-24-15-19-18-14(25-15)17-8-10-4-3-7-23-10/h3-4,7,11H,1-2,5-6,8-9H2,(H2,16,22)(H,17,18)/t11-/m0/s1. The van der Waals surface area contributed by atoms with Crippen LogP contribution >= 0.6 is 23.1 Å². The number of rotatable bonds is 7. The molecule has 0 unspecified atom stereocenters. The summed E-state index contributed by atoms with van der Waals surface area (Å²) in [4.78, 5) is 25.5. The fourth-order valence-corrected chi connectivity index (χ4v) is 4.28. The average molecular weight is 381 g/mol. The number of primary amides is 1. The molecule has 1 fully saturated rings. The third kappa shape index (κ3) is 4.73. The highest BCUT2D eigenvalue weighted by Gasteiger charge is 2.30. The second-order valence-electron chi connectivity index (χ2n) is 5.60. The molecule has 1 atom stereocenters. The molecule has 0 aliphatic carbocycles. The van der Waals surface area contributed by atoms with Gasteiger partial charge in [0.05, 0.1) is 18.6 Å². The number of hydrogen-bond acceptors (Lipinski definition) is 8. The summed E-state index contributed by atoms with van der Waals surface area (Å²) in [6.07, 6.45) is 4.08. The molecule has 134 valence electrons. The Morgan fingerprint density at radius 2 is 2.32 bits per heavy atom. The van der Waals surface area contributed by atoms with Crippen LogP contribution in [0.25, 0.3) is 0 Å². The van der Waals surface area contributed by atoms with E-state index in [2.05, 4.69) is 15.5 Å². The highest BCUT2D eigenvalue weighted by atomic mass is 32.2. The van der Waals surface area contributed by atoms with E-state index in [1.807, 2.05) is 12.1 Å². The predicted molar refractivity (Wildman–Crippen MR) is 95.2 cm³/mol. The third-order valence-electron chi connectivity index (χ3n) is 3.87. The van der Waals surface area contributed by atoms with Crippen LogP contribution in [0.5, 0.6) is 0 Å². The topological polar surface area (TPSA) is 114 Å². The van der Waals surface area contributed by atoms with Crippen molar-refractivity contribution in [1.82, 2.24) is 15.1 Å². The molecule has 0 spiro atoms. The Morgan fingerprint density at radius 3 is 3.08 bits per heavy atom. The monoisotopic (exact) mass is 381 g/mol. The molecule has 8 nitrogen and oxygen atoms in total. The van der Waals surface area contributed by atoms with Crippen molar-refractivity contribution in [2.45, 2.75) is 36.2 Å². The van der Waals surface area contributed by atoms with Crippen LogP contribution in [0.15, 0.2) is 27.2 Å². The lowest BCUT2D eigenvalue weighted by Gasteiger charge is -2.33. The zero-order chi connectivity index (χ0) is 17.6. The van der Waals surface area contributed by atoms with Crippen LogP contribution in [-0.4, -0.2) is 45.3 Å². The van der Waals surface area contributed by atoms with Gasteiger partial charge in [-0.05, 0) is 31.4 Å². The van der Waals surface area contributed by atoms with Crippen LogP contribution in [0, 0.1) is 0 Å². The maximum Gasteiger partial charge on any atom is 0.240 e. The Morgan fingerprint density at radius 1 is 1.44 bits per heavy atom. The number of carbonyl (C=O) groups is 2. The summed E-state index contributed by atoms with van der Waals surface area (Å²) in [5, 5.41) is 11.9. The second kappa shape index (κ2) is 8.34. The summed E-state index contributed by atoms with van der Waals surface area (Å²) in [7, 11) is 0. The Kier molecular flexibility index (Phi) is 5.92. The first-order chi connectivity index (χ1) is 12.1. The lowest BCUT2D eigenvalue weighted by atomic mass is 10.0. The van der Waals surface area contributed by atoms with Crippen LogP contribution in [0.4, 0.5) is 5.13 Å². The second-order valence-corrected chi connectivity index (χ2v) is 7.80. The fourth-order valence-electron chi connectivity index (χ4n) is 2.65. The van der Waals surface area contributed by atoms with Crippen LogP contribution < -0.4 is 11.1 Å². The normalized spacial score (nSPS) is 17.4. The van der Waals surface area contributed by atoms with Crippen molar-refractivity contribution in [1.29, 1.82) is 0 Å². The number of nitrogens with one attached hydrogen (secondary N) is 1. The van der Waals surface area contributed by atoms with Gasteiger partial charge in [0.1, 0.15) is 11.8 Å². The van der Waals surface area contributed by atoms with Gasteiger partial charge in [-0.25, -0.2) is 0 Å². The molecular weight excluding hydrogens is 362 g/mol. The van der Waals surface area contributed by atoms with Crippen molar-refractivity contribution in [3.8, 4) is 0 Å². The van der Waals surface area contributed by atoms with Gasteiger partial charge in [-0.3, -0.25) is 9.59 Å². The van der Waals surface area contributed by atoms with Gasteiger partial charge >= 0.3 is 0 Å². The van der Waals surface area contributed by atoms with Gasteiger partial charge in [-0.15, -0.1) is 10.2 Å². The lowest BCUT2D eigenvalue weighted by molar-refractivity contribution is -0.138. The summed E-state index contributed by atoms with van der Waals surface area (Å²) in [6, 6.07) is 3.21. The maximum atomic E-state index is 12.4. The number of carbonyl (C=O) groups excluding carboxylic acids is 2. The minimum atomic E-state index is -0.484. The SMILES string of the molecule is NC(=O)[C@@H]1CCCCN1C(=O)CSc1nnc(NCc2ccco2)s1. The van der Waals surface area contributed by atoms with E-state index in [-0.39, 0.29) is 11.7 Å². The van der Waals surface area contributed by atoms with Crippen LogP contribution in [0.2, 0.25) is 0 Å². The largest absolute Gasteiger partial charge is 0.467 e. The van der Waals surface area contributed by atoms with Gasteiger partial charge in [0.15, 0.2) is 4.34 Å². The van der Waals surface area contributed by atoms with Crippen molar-refractivity contribution >= 4 is 40.0 Å². The number of likely N-dealkylation sites (tertiary alicyclic amines) is 1. The molecule has 0 radical (unpaired) electrons. The third-order valence-corrected chi connectivity index (χ3v) is 5.87. The van der Waals surface area contributed by atoms with Gasteiger partial charge in [-0.1, -0.05) is 23.1 Å². The summed E-state index contributed by atoms with van der Waals surface area (Å²) < 4.78 is 5.94. The molecule has 1 saturated heterocycles. The van der Waals surface area contributed by atoms with E-state index in [4.69, 9.17) is 10.2 Å². The molecule has 3 N–H and O–H groups in total. The molecule has 1 aliphatic rings. The lowest BCUT2D eigenvalue weighted by Crippen LogP contribution is -2.51. The Hall–Kier alpha value is -2.07. The molecule has 10 heteroatoms. The quantitative estimate of drug-likeness (QED) is 0.702. The van der Waals surface area contributed by atoms with Crippen molar-refractivity contribution in [3.63, 3.8) is 0 Å². The van der Waals surface area contributed by atoms with E-state index in [9.17, 15) is 9.59 Å². The molecule has 3 rings (SSSR count). The van der Waals surface area contributed by atoms with Crippen molar-refractivity contribution in [3.05, 3.63) is 24.2 Å². The first-order valence-corrected chi connectivity index (χ1v) is 9.75. The Labute approximate surface area is 153 Å². The minimum Gasteiger partial charge on any atom is -0.467 e. The highest BCUT2D eigenvalue weighted by Crippen LogP contribution is 2.27. The molecule has 2 aromatic rings. The number of nitrogens with two attached hydrogens (primary N) is 1. The van der Waals surface area contributed by atoms with Crippen LogP contribution in [0.1, 0.15) is 25.0 Å². The molecule has 1 aliphatic heterocycles. The smallest absolute Gasteiger partial charge is 0.240 e. The molecule has 0 bridgehead atoms. The molecule has 0 saturated carbocycles. The van der Waals surface area contributed by atoms with Gasteiger partial charge in [0.2, 0.25) is 16.9 Å². The molecule has 0 aromatic carbocycles. The molecule has 2 aromatic heterocycles. The van der Waals surface area contributed by atoms with Gasteiger partial charge in [0, 0.05) is 6.54 Å². The number of amides is 2. The molecular formula is C15H19N5O3S2. The van der Waals surface area contributed by atoms with E-state index >= 15 is 0 Å². The molecule has 2 amide bonds. The zero-order valence-electron chi connectivity index (χ0n) is 13.5. The van der Waals surface area contributed by atoms with E-state index in [0.717, 1.165) is 18.6 Å². The van der Waals surface area contributed by atoms with Gasteiger partial charge in [-0.2, -0.15) is 0 Å². The van der Waals surface area contributed by atoms with Crippen LogP contribution in [-0.2, 0) is 16.1 Å². The summed E-state index contributed by atoms with van der Waals surface area (Å²) in [6.45, 7) is 1.11. The number of anilines is 1. The zero-order valence-corrected chi connectivity index (χ0v) is 15.1. The Balaban J connectivity index is 1.49. The van der Waals surface area contributed by atoms with Gasteiger partial charge < -0.3 is 20.4 Å². The summed E-state index contributed by atoms with van der Waals surface area (Å²) in [5.74, 6) is 0.505. The van der Waals surface area contributed by atoms with Crippen molar-refractivity contribution < 1.29 is 14.0 Å². The van der Waals surface area contributed by atoms with Crippen molar-refractivity contribution in [2.24, 2.45) is 5.73 Å².